The molecule has 0 aliphatic heterocycles. The van der Waals surface area contributed by atoms with Gasteiger partial charge in [0.05, 0.1) is 6.54 Å². The van der Waals surface area contributed by atoms with Gasteiger partial charge in [0.15, 0.2) is 0 Å². The summed E-state index contributed by atoms with van der Waals surface area (Å²) in [6, 6.07) is 13.7. The maximum atomic E-state index is 13.1. The molecule has 3 amide bonds. The first kappa shape index (κ1) is 20.6. The number of benzene rings is 1. The molecule has 146 valence electrons. The molecule has 0 spiro atoms. The van der Waals surface area contributed by atoms with Crippen molar-refractivity contribution >= 4 is 11.9 Å². The number of aryl methyl sites for hydroxylation is 1. The molecule has 0 atom stereocenters. The van der Waals surface area contributed by atoms with Crippen LogP contribution in [0.15, 0.2) is 48.7 Å². The molecule has 0 saturated heterocycles. The molecule has 2 rings (SSSR count). The summed E-state index contributed by atoms with van der Waals surface area (Å²) in [6.07, 6.45) is 2.78. The molecule has 0 aliphatic carbocycles. The molecule has 0 unspecified atom stereocenters. The van der Waals surface area contributed by atoms with Crippen LogP contribution in [0.2, 0.25) is 0 Å². The van der Waals surface area contributed by atoms with E-state index >= 15 is 0 Å². The van der Waals surface area contributed by atoms with Crippen molar-refractivity contribution in [1.82, 2.24) is 19.7 Å². The van der Waals surface area contributed by atoms with Crippen LogP contribution in [-0.4, -0.2) is 45.9 Å². The second-order valence-corrected chi connectivity index (χ2v) is 6.60. The Bertz CT molecular complexity index is 727. The van der Waals surface area contributed by atoms with Gasteiger partial charge in [-0.25, -0.2) is 4.79 Å². The fourth-order valence-corrected chi connectivity index (χ4v) is 2.94. The monoisotopic (exact) mass is 370 g/mol. The number of hydrogen-bond donors (Lipinski definition) is 1. The maximum absolute atomic E-state index is 13.1. The van der Waals surface area contributed by atoms with Crippen molar-refractivity contribution in [3.8, 4) is 0 Å². The largest absolute Gasteiger partial charge is 0.353 e. The SMILES string of the molecule is CCCN(CC(=O)N(Cc1ccccc1)Cc1cccn1C)C(=O)NCC. The fraction of sp³-hybridized carbons (Fsp3) is 0.429. The van der Waals surface area contributed by atoms with E-state index in [4.69, 9.17) is 0 Å². The van der Waals surface area contributed by atoms with Crippen LogP contribution >= 0.6 is 0 Å². The van der Waals surface area contributed by atoms with Gasteiger partial charge >= 0.3 is 6.03 Å². The fourth-order valence-electron chi connectivity index (χ4n) is 2.94. The summed E-state index contributed by atoms with van der Waals surface area (Å²) >= 11 is 0. The zero-order chi connectivity index (χ0) is 19.6. The van der Waals surface area contributed by atoms with Crippen LogP contribution in [0.1, 0.15) is 31.5 Å². The van der Waals surface area contributed by atoms with Crippen molar-refractivity contribution in [3.05, 3.63) is 59.9 Å². The van der Waals surface area contributed by atoms with Crippen molar-refractivity contribution in [2.45, 2.75) is 33.4 Å². The van der Waals surface area contributed by atoms with Gasteiger partial charge in [0.25, 0.3) is 0 Å². The number of aromatic nitrogens is 1. The van der Waals surface area contributed by atoms with Gasteiger partial charge in [0, 0.05) is 38.6 Å². The lowest BCUT2D eigenvalue weighted by Gasteiger charge is -2.28. The number of amides is 3. The lowest BCUT2D eigenvalue weighted by Crippen LogP contribution is -2.46. The highest BCUT2D eigenvalue weighted by Gasteiger charge is 2.21. The van der Waals surface area contributed by atoms with Crippen molar-refractivity contribution in [2.75, 3.05) is 19.6 Å². The lowest BCUT2D eigenvalue weighted by atomic mass is 10.2. The number of rotatable bonds is 9. The van der Waals surface area contributed by atoms with Crippen LogP contribution in [0.3, 0.4) is 0 Å². The first-order valence-corrected chi connectivity index (χ1v) is 9.49. The summed E-state index contributed by atoms with van der Waals surface area (Å²) in [7, 11) is 1.97. The van der Waals surface area contributed by atoms with Crippen LogP contribution in [0.25, 0.3) is 0 Å². The highest BCUT2D eigenvalue weighted by molar-refractivity contribution is 5.84. The molecular formula is C21H30N4O2. The van der Waals surface area contributed by atoms with Gasteiger partial charge in [-0.1, -0.05) is 37.3 Å². The Balaban J connectivity index is 2.15. The van der Waals surface area contributed by atoms with E-state index in [1.807, 2.05) is 79.0 Å². The van der Waals surface area contributed by atoms with Gasteiger partial charge in [0.2, 0.25) is 5.91 Å². The quantitative estimate of drug-likeness (QED) is 0.738. The average molecular weight is 370 g/mol. The van der Waals surface area contributed by atoms with E-state index in [1.54, 1.807) is 4.90 Å². The van der Waals surface area contributed by atoms with Crippen LogP contribution in [0.5, 0.6) is 0 Å². The topological polar surface area (TPSA) is 57.6 Å². The molecule has 6 heteroatoms. The Morgan fingerprint density at radius 1 is 1.00 bits per heavy atom. The van der Waals surface area contributed by atoms with Crippen molar-refractivity contribution < 1.29 is 9.59 Å². The lowest BCUT2D eigenvalue weighted by molar-refractivity contribution is -0.133. The van der Waals surface area contributed by atoms with E-state index in [0.717, 1.165) is 17.7 Å². The summed E-state index contributed by atoms with van der Waals surface area (Å²) < 4.78 is 2.01. The molecule has 0 radical (unpaired) electrons. The molecular weight excluding hydrogens is 340 g/mol. The number of nitrogens with zero attached hydrogens (tertiary/aromatic N) is 3. The van der Waals surface area contributed by atoms with E-state index < -0.39 is 0 Å². The number of nitrogens with one attached hydrogen (secondary N) is 1. The molecule has 1 heterocycles. The van der Waals surface area contributed by atoms with E-state index in [9.17, 15) is 9.59 Å². The highest BCUT2D eigenvalue weighted by Crippen LogP contribution is 2.11. The second-order valence-electron chi connectivity index (χ2n) is 6.60. The number of urea groups is 1. The smallest absolute Gasteiger partial charge is 0.317 e. The van der Waals surface area contributed by atoms with E-state index in [2.05, 4.69) is 5.32 Å². The van der Waals surface area contributed by atoms with Crippen molar-refractivity contribution in [2.24, 2.45) is 7.05 Å². The van der Waals surface area contributed by atoms with Crippen molar-refractivity contribution in [1.29, 1.82) is 0 Å². The maximum Gasteiger partial charge on any atom is 0.317 e. The molecule has 0 aliphatic rings. The van der Waals surface area contributed by atoms with Gasteiger partial charge in [-0.15, -0.1) is 0 Å². The Kier molecular flexibility index (Phi) is 7.92. The minimum Gasteiger partial charge on any atom is -0.353 e. The van der Waals surface area contributed by atoms with E-state index in [0.29, 0.717) is 26.2 Å². The molecule has 1 aromatic carbocycles. The molecule has 2 aromatic rings. The Hall–Kier alpha value is -2.76. The molecule has 0 fully saturated rings. The van der Waals surface area contributed by atoms with Gasteiger partial charge in [-0.05, 0) is 31.0 Å². The number of hydrogen-bond acceptors (Lipinski definition) is 2. The van der Waals surface area contributed by atoms with Gasteiger partial charge < -0.3 is 19.7 Å². The van der Waals surface area contributed by atoms with Gasteiger partial charge in [-0.3, -0.25) is 4.79 Å². The summed E-state index contributed by atoms with van der Waals surface area (Å²) in [6.45, 7) is 6.08. The summed E-state index contributed by atoms with van der Waals surface area (Å²) in [5, 5.41) is 2.79. The molecule has 1 aromatic heterocycles. The minimum atomic E-state index is -0.189. The zero-order valence-corrected chi connectivity index (χ0v) is 16.5. The predicted octanol–water partition coefficient (Wildman–Crippen LogP) is 3.00. The third-order valence-electron chi connectivity index (χ3n) is 4.41. The van der Waals surface area contributed by atoms with Gasteiger partial charge in [0.1, 0.15) is 6.54 Å². The third-order valence-corrected chi connectivity index (χ3v) is 4.41. The molecule has 27 heavy (non-hydrogen) atoms. The average Bonchev–Trinajstić information content (AvgIpc) is 3.06. The highest BCUT2D eigenvalue weighted by atomic mass is 16.2. The first-order valence-electron chi connectivity index (χ1n) is 9.49. The van der Waals surface area contributed by atoms with Crippen LogP contribution in [-0.2, 0) is 24.9 Å². The first-order chi connectivity index (χ1) is 13.0. The summed E-state index contributed by atoms with van der Waals surface area (Å²) in [5.74, 6) is -0.0558. The van der Waals surface area contributed by atoms with E-state index in [1.165, 1.54) is 0 Å². The third kappa shape index (κ3) is 6.16. The Morgan fingerprint density at radius 2 is 1.74 bits per heavy atom. The van der Waals surface area contributed by atoms with Crippen LogP contribution in [0, 0.1) is 0 Å². The predicted molar refractivity (Wildman–Crippen MR) is 107 cm³/mol. The van der Waals surface area contributed by atoms with Crippen LogP contribution in [0.4, 0.5) is 4.79 Å². The van der Waals surface area contributed by atoms with Gasteiger partial charge in [-0.2, -0.15) is 0 Å². The number of carbonyl (C=O) groups is 2. The van der Waals surface area contributed by atoms with Crippen LogP contribution < -0.4 is 5.32 Å². The standard InChI is InChI=1S/C21H30N4O2/c1-4-13-24(21(27)22-5-2)17-20(26)25(15-18-10-7-6-8-11-18)16-19-12-9-14-23(19)3/h6-12,14H,4-5,13,15-17H2,1-3H3,(H,22,27). The normalized spacial score (nSPS) is 10.5. The van der Waals surface area contributed by atoms with E-state index in [-0.39, 0.29) is 18.5 Å². The zero-order valence-electron chi connectivity index (χ0n) is 16.5. The molecule has 6 nitrogen and oxygen atoms in total. The number of carbonyl (C=O) groups excluding carboxylic acids is 2. The molecule has 1 N–H and O–H groups in total. The Morgan fingerprint density at radius 3 is 2.33 bits per heavy atom. The molecule has 0 bridgehead atoms. The Labute approximate surface area is 161 Å². The van der Waals surface area contributed by atoms with Crippen molar-refractivity contribution in [3.63, 3.8) is 0 Å². The summed E-state index contributed by atoms with van der Waals surface area (Å²) in [4.78, 5) is 28.7. The molecule has 0 saturated carbocycles. The second kappa shape index (κ2) is 10.4. The summed E-state index contributed by atoms with van der Waals surface area (Å²) in [5.41, 5.74) is 2.12. The minimum absolute atomic E-state index is 0.0558.